The maximum atomic E-state index is 13.5. The Balaban J connectivity index is 1.53. The number of Topliss-reactive ketones (excluding diaryl/α,β-unsaturated/α-hetero) is 1. The van der Waals surface area contributed by atoms with Crippen LogP contribution in [-0.4, -0.2) is 27.9 Å². The molecule has 3 aromatic carbocycles. The molecule has 192 valence electrons. The number of fused-ring (bicyclic) bond motifs is 2. The zero-order chi connectivity index (χ0) is 26.7. The van der Waals surface area contributed by atoms with Gasteiger partial charge in [-0.25, -0.2) is 4.98 Å². The Morgan fingerprint density at radius 1 is 1.11 bits per heavy atom. The van der Waals surface area contributed by atoms with E-state index >= 15 is 0 Å². The number of ketones is 1. The summed E-state index contributed by atoms with van der Waals surface area (Å²) in [6, 6.07) is 17.6. The number of anilines is 1. The second kappa shape index (κ2) is 9.26. The molecule has 2 aliphatic rings. The summed E-state index contributed by atoms with van der Waals surface area (Å²) in [4.78, 5) is 33.1. The third-order valence-corrected chi connectivity index (χ3v) is 8.33. The summed E-state index contributed by atoms with van der Waals surface area (Å²) in [6.45, 7) is 6.19. The number of benzene rings is 3. The van der Waals surface area contributed by atoms with Crippen LogP contribution in [0.2, 0.25) is 5.02 Å². The zero-order valence-electron chi connectivity index (χ0n) is 21.1. The average molecular weight is 545 g/mol. The van der Waals surface area contributed by atoms with Crippen molar-refractivity contribution in [2.24, 2.45) is 0 Å². The lowest BCUT2D eigenvalue weighted by Gasteiger charge is -2.23. The molecule has 38 heavy (non-hydrogen) atoms. The normalized spacial score (nSPS) is 20.4. The Morgan fingerprint density at radius 3 is 2.61 bits per heavy atom. The maximum Gasteiger partial charge on any atom is 0.301 e. The highest BCUT2D eigenvalue weighted by molar-refractivity contribution is 7.22. The number of carbonyl (C=O) groups is 2. The first kappa shape index (κ1) is 24.6. The fourth-order valence-corrected chi connectivity index (χ4v) is 6.39. The van der Waals surface area contributed by atoms with Crippen molar-refractivity contribution in [1.82, 2.24) is 4.98 Å². The molecule has 6 nitrogen and oxygen atoms in total. The van der Waals surface area contributed by atoms with Crippen LogP contribution < -0.4 is 9.64 Å². The highest BCUT2D eigenvalue weighted by atomic mass is 35.5. The van der Waals surface area contributed by atoms with Crippen molar-refractivity contribution in [2.45, 2.75) is 45.3 Å². The highest BCUT2D eigenvalue weighted by Gasteiger charge is 2.48. The summed E-state index contributed by atoms with van der Waals surface area (Å²) in [6.07, 6.45) is 0.749. The Kier molecular flexibility index (Phi) is 6.00. The van der Waals surface area contributed by atoms with Crippen LogP contribution >= 0.6 is 22.9 Å². The number of hydrogen-bond donors (Lipinski definition) is 1. The van der Waals surface area contributed by atoms with Crippen LogP contribution in [0.1, 0.15) is 55.0 Å². The second-order valence-corrected chi connectivity index (χ2v) is 11.5. The summed E-state index contributed by atoms with van der Waals surface area (Å²) >= 11 is 7.46. The van der Waals surface area contributed by atoms with E-state index in [1.807, 2.05) is 37.3 Å². The van der Waals surface area contributed by atoms with Gasteiger partial charge in [0.25, 0.3) is 5.78 Å². The molecule has 4 aromatic rings. The lowest BCUT2D eigenvalue weighted by atomic mass is 9.93. The van der Waals surface area contributed by atoms with Crippen LogP contribution in [0.3, 0.4) is 0 Å². The van der Waals surface area contributed by atoms with Gasteiger partial charge in [-0.05, 0) is 65.9 Å². The Morgan fingerprint density at radius 2 is 1.87 bits per heavy atom. The number of aromatic nitrogens is 1. The van der Waals surface area contributed by atoms with Gasteiger partial charge in [0.2, 0.25) is 0 Å². The number of nitrogens with zero attached hydrogens (tertiary/aromatic N) is 2. The molecule has 1 saturated heterocycles. The summed E-state index contributed by atoms with van der Waals surface area (Å²) in [7, 11) is 0. The van der Waals surface area contributed by atoms with E-state index in [2.05, 4.69) is 18.8 Å². The number of aliphatic hydroxyl groups is 1. The van der Waals surface area contributed by atoms with E-state index in [0.717, 1.165) is 21.6 Å². The average Bonchev–Trinajstić information content (AvgIpc) is 3.55. The van der Waals surface area contributed by atoms with Gasteiger partial charge in [-0.15, -0.1) is 0 Å². The molecule has 1 aromatic heterocycles. The van der Waals surface area contributed by atoms with Gasteiger partial charge in [-0.3, -0.25) is 14.5 Å². The molecule has 0 spiro atoms. The van der Waals surface area contributed by atoms with Gasteiger partial charge in [-0.1, -0.05) is 61.1 Å². The predicted octanol–water partition coefficient (Wildman–Crippen LogP) is 7.02. The van der Waals surface area contributed by atoms with Gasteiger partial charge in [0.05, 0.1) is 21.8 Å². The molecule has 1 N–H and O–H groups in total. The number of thiazole rings is 1. The summed E-state index contributed by atoms with van der Waals surface area (Å²) in [5.74, 6) is -0.602. The molecule has 8 heteroatoms. The molecule has 0 bridgehead atoms. The number of halogens is 1. The number of rotatable bonds is 4. The Hall–Kier alpha value is -3.68. The summed E-state index contributed by atoms with van der Waals surface area (Å²) in [5.41, 5.74) is 3.99. The van der Waals surface area contributed by atoms with Gasteiger partial charge in [-0.2, -0.15) is 0 Å². The zero-order valence-corrected chi connectivity index (χ0v) is 22.6. The van der Waals surface area contributed by atoms with Gasteiger partial charge in [0, 0.05) is 17.0 Å². The molecular weight excluding hydrogens is 520 g/mol. The topological polar surface area (TPSA) is 79.7 Å². The fourth-order valence-electron chi connectivity index (χ4n) is 5.12. The number of carbonyl (C=O) groups excluding carboxylic acids is 2. The van der Waals surface area contributed by atoms with Crippen molar-refractivity contribution in [3.63, 3.8) is 0 Å². The fraction of sp³-hybridized carbons (Fsp3) is 0.233. The molecule has 0 radical (unpaired) electrons. The first-order valence-corrected chi connectivity index (χ1v) is 13.7. The number of aliphatic hydroxyl groups excluding tert-OH is 1. The standard InChI is InChI=1S/C30H25ClN2O4S/c1-15(2)17-4-6-18(7-5-17)26-25(27(34)19-8-11-23-20(13-19)12-16(3)37-23)28(35)29(36)33(26)30-32-22-10-9-21(31)14-24(22)38-30/h4-11,13-16,26,34H,12H2,1-3H3/t16-,26+/m1/s1. The van der Waals surface area contributed by atoms with E-state index in [9.17, 15) is 14.7 Å². The van der Waals surface area contributed by atoms with Crippen molar-refractivity contribution >= 4 is 55.7 Å². The Labute approximate surface area is 229 Å². The lowest BCUT2D eigenvalue weighted by molar-refractivity contribution is -0.132. The van der Waals surface area contributed by atoms with Crippen LogP contribution in [0.4, 0.5) is 5.13 Å². The van der Waals surface area contributed by atoms with E-state index < -0.39 is 17.7 Å². The van der Waals surface area contributed by atoms with Crippen molar-refractivity contribution in [3.05, 3.63) is 93.5 Å². The first-order valence-electron chi connectivity index (χ1n) is 12.5. The van der Waals surface area contributed by atoms with E-state index in [4.69, 9.17) is 16.3 Å². The van der Waals surface area contributed by atoms with Crippen LogP contribution in [0.25, 0.3) is 16.0 Å². The maximum absolute atomic E-state index is 13.5. The molecule has 1 amide bonds. The van der Waals surface area contributed by atoms with Crippen LogP contribution in [0.15, 0.2) is 66.2 Å². The molecule has 3 heterocycles. The summed E-state index contributed by atoms with van der Waals surface area (Å²) < 4.78 is 6.60. The van der Waals surface area contributed by atoms with E-state index in [1.165, 1.54) is 16.2 Å². The number of amides is 1. The van der Waals surface area contributed by atoms with Gasteiger partial charge in [0.15, 0.2) is 5.13 Å². The molecular formula is C30H25ClN2O4S. The predicted molar refractivity (Wildman–Crippen MR) is 150 cm³/mol. The van der Waals surface area contributed by atoms with E-state index in [0.29, 0.717) is 39.1 Å². The van der Waals surface area contributed by atoms with Crippen molar-refractivity contribution in [1.29, 1.82) is 0 Å². The molecule has 2 atom stereocenters. The second-order valence-electron chi connectivity index (χ2n) is 10.1. The summed E-state index contributed by atoms with van der Waals surface area (Å²) in [5, 5.41) is 12.5. The third kappa shape index (κ3) is 4.06. The molecule has 0 unspecified atom stereocenters. The van der Waals surface area contributed by atoms with E-state index in [1.54, 1.807) is 30.3 Å². The minimum Gasteiger partial charge on any atom is -0.507 e. The third-order valence-electron chi connectivity index (χ3n) is 7.08. The smallest absolute Gasteiger partial charge is 0.301 e. The van der Waals surface area contributed by atoms with Gasteiger partial charge < -0.3 is 9.84 Å². The van der Waals surface area contributed by atoms with E-state index in [-0.39, 0.29) is 17.4 Å². The van der Waals surface area contributed by atoms with Crippen molar-refractivity contribution in [3.8, 4) is 5.75 Å². The van der Waals surface area contributed by atoms with Gasteiger partial charge >= 0.3 is 5.91 Å². The quantitative estimate of drug-likeness (QED) is 0.170. The van der Waals surface area contributed by atoms with Crippen LogP contribution in [0, 0.1) is 0 Å². The van der Waals surface area contributed by atoms with Crippen LogP contribution in [-0.2, 0) is 16.0 Å². The minimum absolute atomic E-state index is 0.0384. The van der Waals surface area contributed by atoms with Crippen molar-refractivity contribution in [2.75, 3.05) is 4.90 Å². The van der Waals surface area contributed by atoms with Crippen molar-refractivity contribution < 1.29 is 19.4 Å². The lowest BCUT2D eigenvalue weighted by Crippen LogP contribution is -2.29. The minimum atomic E-state index is -0.837. The highest BCUT2D eigenvalue weighted by Crippen LogP contribution is 2.45. The van der Waals surface area contributed by atoms with Gasteiger partial charge in [0.1, 0.15) is 17.6 Å². The molecule has 0 aliphatic carbocycles. The number of hydrogen-bond acceptors (Lipinski definition) is 6. The first-order chi connectivity index (χ1) is 18.2. The monoisotopic (exact) mass is 544 g/mol. The number of ether oxygens (including phenoxy) is 1. The van der Waals surface area contributed by atoms with Crippen LogP contribution in [0.5, 0.6) is 5.75 Å². The molecule has 1 fully saturated rings. The SMILES string of the molecule is CC(C)c1ccc([C@H]2C(=C(O)c3ccc4c(c3)C[C@@H](C)O4)C(=O)C(=O)N2c2nc3ccc(Cl)cc3s2)cc1. The Bertz CT molecular complexity index is 1640. The molecule has 6 rings (SSSR count). The molecule has 2 aliphatic heterocycles. The molecule has 0 saturated carbocycles. The largest absolute Gasteiger partial charge is 0.507 e.